The lowest BCUT2D eigenvalue weighted by Crippen LogP contribution is -2.28. The molecule has 1 amide bonds. The Balaban J connectivity index is 1.55. The van der Waals surface area contributed by atoms with Crippen molar-refractivity contribution >= 4 is 27.5 Å². The second kappa shape index (κ2) is 9.40. The van der Waals surface area contributed by atoms with E-state index in [2.05, 4.69) is 15.3 Å². The fraction of sp³-hybridized carbons (Fsp3) is 0.409. The number of ether oxygens (including phenoxy) is 1. The van der Waals surface area contributed by atoms with Crippen LogP contribution < -0.4 is 15.6 Å². The highest BCUT2D eigenvalue weighted by Crippen LogP contribution is 2.25. The van der Waals surface area contributed by atoms with Gasteiger partial charge in [-0.1, -0.05) is 12.1 Å². The Hall–Kier alpha value is -2.71. The quantitative estimate of drug-likeness (QED) is 0.510. The molecule has 0 aliphatic heterocycles. The lowest BCUT2D eigenvalue weighted by atomic mass is 10.1. The van der Waals surface area contributed by atoms with Crippen LogP contribution in [0.2, 0.25) is 0 Å². The number of rotatable bonds is 8. The third-order valence-electron chi connectivity index (χ3n) is 4.78. The number of nitrogens with one attached hydrogen (secondary N) is 2. The van der Waals surface area contributed by atoms with Gasteiger partial charge in [-0.25, -0.2) is 4.98 Å². The number of fused-ring (bicyclic) bond motifs is 1. The Morgan fingerprint density at radius 3 is 2.83 bits per heavy atom. The van der Waals surface area contributed by atoms with Gasteiger partial charge in [-0.15, -0.1) is 11.3 Å². The lowest BCUT2D eigenvalue weighted by molar-refractivity contribution is -0.121. The highest BCUT2D eigenvalue weighted by atomic mass is 32.1. The average Bonchev–Trinajstić information content (AvgIpc) is 2.98. The molecule has 0 radical (unpaired) electrons. The molecule has 0 saturated heterocycles. The largest absolute Gasteiger partial charge is 0.491 e. The number of aliphatic hydroxyl groups is 1. The van der Waals surface area contributed by atoms with Gasteiger partial charge in [-0.2, -0.15) is 0 Å². The molecule has 2 heterocycles. The average molecular weight is 430 g/mol. The van der Waals surface area contributed by atoms with Crippen LogP contribution in [0.3, 0.4) is 0 Å². The van der Waals surface area contributed by atoms with Crippen molar-refractivity contribution in [1.29, 1.82) is 0 Å². The molecule has 7 nitrogen and oxygen atoms in total. The summed E-state index contributed by atoms with van der Waals surface area (Å²) in [6, 6.07) is 7.20. The number of nitrogens with zero attached hydrogens (tertiary/aromatic N) is 1. The van der Waals surface area contributed by atoms with Crippen molar-refractivity contribution in [2.45, 2.75) is 52.7 Å². The molecule has 0 aliphatic rings. The molecule has 30 heavy (non-hydrogen) atoms. The highest BCUT2D eigenvalue weighted by Gasteiger charge is 2.14. The molecule has 160 valence electrons. The van der Waals surface area contributed by atoms with Crippen molar-refractivity contribution in [2.24, 2.45) is 0 Å². The maximum atomic E-state index is 12.3. The van der Waals surface area contributed by atoms with E-state index in [0.717, 1.165) is 10.4 Å². The SMILES string of the molecule is Cc1sc2nc(CCC(=O)NCC(O)c3cccc(OC(C)C)c3)[nH]c(=O)c2c1C. The molecule has 0 saturated carbocycles. The van der Waals surface area contributed by atoms with Gasteiger partial charge in [0.2, 0.25) is 5.91 Å². The molecule has 1 atom stereocenters. The van der Waals surface area contributed by atoms with Crippen molar-refractivity contribution < 1.29 is 14.6 Å². The Labute approximate surface area is 179 Å². The van der Waals surface area contributed by atoms with Crippen molar-refractivity contribution in [3.05, 3.63) is 56.4 Å². The minimum atomic E-state index is -0.837. The van der Waals surface area contributed by atoms with E-state index in [4.69, 9.17) is 4.74 Å². The molecule has 8 heteroatoms. The van der Waals surface area contributed by atoms with Crippen molar-refractivity contribution in [3.8, 4) is 5.75 Å². The highest BCUT2D eigenvalue weighted by molar-refractivity contribution is 7.18. The molecular weight excluding hydrogens is 402 g/mol. The number of carbonyl (C=O) groups excluding carboxylic acids is 1. The topological polar surface area (TPSA) is 104 Å². The first kappa shape index (κ1) is 22.0. The van der Waals surface area contributed by atoms with Crippen LogP contribution in [-0.4, -0.2) is 33.6 Å². The molecule has 0 spiro atoms. The maximum absolute atomic E-state index is 12.3. The summed E-state index contributed by atoms with van der Waals surface area (Å²) in [5.41, 5.74) is 1.45. The monoisotopic (exact) mass is 429 g/mol. The third kappa shape index (κ3) is 5.25. The molecule has 0 fully saturated rings. The van der Waals surface area contributed by atoms with Gasteiger partial charge in [0.1, 0.15) is 16.4 Å². The molecule has 2 aromatic heterocycles. The molecule has 3 aromatic rings. The van der Waals surface area contributed by atoms with Gasteiger partial charge in [-0.3, -0.25) is 9.59 Å². The molecule has 1 unspecified atom stereocenters. The minimum absolute atomic E-state index is 0.0402. The van der Waals surface area contributed by atoms with Gasteiger partial charge >= 0.3 is 0 Å². The maximum Gasteiger partial charge on any atom is 0.259 e. The number of benzene rings is 1. The van der Waals surface area contributed by atoms with E-state index >= 15 is 0 Å². The van der Waals surface area contributed by atoms with Gasteiger partial charge in [0, 0.05) is 24.3 Å². The second-order valence-corrected chi connectivity index (χ2v) is 8.74. The number of aromatic nitrogens is 2. The van der Waals surface area contributed by atoms with Crippen LogP contribution in [0.4, 0.5) is 0 Å². The Morgan fingerprint density at radius 2 is 2.10 bits per heavy atom. The smallest absolute Gasteiger partial charge is 0.259 e. The van der Waals surface area contributed by atoms with Gasteiger partial charge in [-0.05, 0) is 51.0 Å². The van der Waals surface area contributed by atoms with E-state index in [1.54, 1.807) is 12.1 Å². The van der Waals surface area contributed by atoms with Gasteiger partial charge in [0.15, 0.2) is 0 Å². The summed E-state index contributed by atoms with van der Waals surface area (Å²) < 4.78 is 5.63. The molecular formula is C22H27N3O4S. The summed E-state index contributed by atoms with van der Waals surface area (Å²) in [7, 11) is 0. The Bertz CT molecular complexity index is 1100. The molecule has 3 rings (SSSR count). The summed E-state index contributed by atoms with van der Waals surface area (Å²) in [5.74, 6) is 0.949. The standard InChI is InChI=1S/C22H27N3O4S/c1-12(2)29-16-7-5-6-15(10-16)17(26)11-23-19(27)9-8-18-24-21(28)20-13(3)14(4)30-22(20)25-18/h5-7,10,12,17,26H,8-9,11H2,1-4H3,(H,23,27)(H,24,25,28). The number of aromatic amines is 1. The fourth-order valence-corrected chi connectivity index (χ4v) is 4.18. The first-order valence-electron chi connectivity index (χ1n) is 9.95. The first-order chi connectivity index (χ1) is 14.2. The number of carbonyl (C=O) groups is 1. The second-order valence-electron chi connectivity index (χ2n) is 7.53. The number of thiophene rings is 1. The third-order valence-corrected chi connectivity index (χ3v) is 5.89. The zero-order valence-corrected chi connectivity index (χ0v) is 18.4. The van der Waals surface area contributed by atoms with Crippen LogP contribution in [0.5, 0.6) is 5.75 Å². The van der Waals surface area contributed by atoms with E-state index in [0.29, 0.717) is 33.8 Å². The number of aryl methyl sites for hydroxylation is 3. The van der Waals surface area contributed by atoms with E-state index in [-0.39, 0.29) is 30.5 Å². The van der Waals surface area contributed by atoms with E-state index < -0.39 is 6.10 Å². The predicted octanol–water partition coefficient (Wildman–Crippen LogP) is 3.17. The number of hydrogen-bond donors (Lipinski definition) is 3. The van der Waals surface area contributed by atoms with Crippen LogP contribution in [0.1, 0.15) is 48.2 Å². The van der Waals surface area contributed by atoms with Crippen molar-refractivity contribution in [2.75, 3.05) is 6.54 Å². The van der Waals surface area contributed by atoms with Gasteiger partial charge in [0.25, 0.3) is 5.56 Å². The number of aliphatic hydroxyl groups excluding tert-OH is 1. The lowest BCUT2D eigenvalue weighted by Gasteiger charge is -2.15. The van der Waals surface area contributed by atoms with Crippen LogP contribution in [0, 0.1) is 13.8 Å². The van der Waals surface area contributed by atoms with Crippen molar-refractivity contribution in [1.82, 2.24) is 15.3 Å². The molecule has 3 N–H and O–H groups in total. The summed E-state index contributed by atoms with van der Waals surface area (Å²) >= 11 is 1.48. The summed E-state index contributed by atoms with van der Waals surface area (Å²) in [6.07, 6.45) is -0.309. The first-order valence-corrected chi connectivity index (χ1v) is 10.8. The summed E-state index contributed by atoms with van der Waals surface area (Å²) in [4.78, 5) is 33.5. The minimum Gasteiger partial charge on any atom is -0.491 e. The van der Waals surface area contributed by atoms with Crippen LogP contribution in [0.25, 0.3) is 10.2 Å². The van der Waals surface area contributed by atoms with Crippen LogP contribution in [-0.2, 0) is 11.2 Å². The zero-order chi connectivity index (χ0) is 21.8. The molecule has 0 aliphatic carbocycles. The van der Waals surface area contributed by atoms with Gasteiger partial charge in [0.05, 0.1) is 17.6 Å². The Kier molecular flexibility index (Phi) is 6.89. The molecule has 1 aromatic carbocycles. The van der Waals surface area contributed by atoms with E-state index in [1.165, 1.54) is 11.3 Å². The summed E-state index contributed by atoms with van der Waals surface area (Å²) in [5, 5.41) is 13.7. The number of hydrogen-bond acceptors (Lipinski definition) is 6. The molecule has 0 bridgehead atoms. The van der Waals surface area contributed by atoms with E-state index in [1.807, 2.05) is 39.8 Å². The number of H-pyrrole nitrogens is 1. The fourth-order valence-electron chi connectivity index (χ4n) is 3.13. The zero-order valence-electron chi connectivity index (χ0n) is 17.6. The van der Waals surface area contributed by atoms with Gasteiger partial charge < -0.3 is 20.1 Å². The summed E-state index contributed by atoms with van der Waals surface area (Å²) in [6.45, 7) is 7.84. The van der Waals surface area contributed by atoms with Crippen molar-refractivity contribution in [3.63, 3.8) is 0 Å². The van der Waals surface area contributed by atoms with Crippen LogP contribution in [0.15, 0.2) is 29.1 Å². The van der Waals surface area contributed by atoms with E-state index in [9.17, 15) is 14.7 Å². The predicted molar refractivity (Wildman–Crippen MR) is 118 cm³/mol. The number of amides is 1. The van der Waals surface area contributed by atoms with Crippen LogP contribution >= 0.6 is 11.3 Å². The Morgan fingerprint density at radius 1 is 1.33 bits per heavy atom. The normalized spacial score (nSPS) is 12.3.